The minimum atomic E-state index is -0.398. The van der Waals surface area contributed by atoms with Crippen LogP contribution in [-0.2, 0) is 11.4 Å². The summed E-state index contributed by atoms with van der Waals surface area (Å²) in [5.41, 5.74) is 4.28. The van der Waals surface area contributed by atoms with Crippen LogP contribution in [0.15, 0.2) is 36.7 Å². The standard InChI is InChI=1S/C17H17ClN2O/c1-11-4-5-14-15(6-11)17(2,3)20(16(14)21)13-7-12(8-18)9-19-10-13/h4-7,9-10H,8H2,1-3H3. The first-order valence-corrected chi connectivity index (χ1v) is 7.44. The van der Waals surface area contributed by atoms with Crippen molar-refractivity contribution in [1.82, 2.24) is 4.98 Å². The second-order valence-electron chi connectivity index (χ2n) is 5.93. The molecule has 1 aliphatic heterocycles. The third kappa shape index (κ3) is 2.12. The van der Waals surface area contributed by atoms with Gasteiger partial charge in [0.1, 0.15) is 0 Å². The number of anilines is 1. The summed E-state index contributed by atoms with van der Waals surface area (Å²) in [6, 6.07) is 7.90. The number of hydrogen-bond acceptors (Lipinski definition) is 2. The molecule has 1 aromatic carbocycles. The Kier molecular flexibility index (Phi) is 3.25. The van der Waals surface area contributed by atoms with Gasteiger partial charge in [0.15, 0.2) is 0 Å². The molecule has 0 bridgehead atoms. The lowest BCUT2D eigenvalue weighted by Crippen LogP contribution is -2.39. The van der Waals surface area contributed by atoms with Crippen LogP contribution in [0.25, 0.3) is 0 Å². The van der Waals surface area contributed by atoms with Crippen LogP contribution < -0.4 is 4.90 Å². The van der Waals surface area contributed by atoms with Crippen LogP contribution in [-0.4, -0.2) is 10.9 Å². The van der Waals surface area contributed by atoms with Crippen molar-refractivity contribution < 1.29 is 4.79 Å². The number of aryl methyl sites for hydroxylation is 1. The van der Waals surface area contributed by atoms with Gasteiger partial charge in [-0.1, -0.05) is 17.7 Å². The third-order valence-corrected chi connectivity index (χ3v) is 4.33. The quantitative estimate of drug-likeness (QED) is 0.785. The number of fused-ring (bicyclic) bond motifs is 1. The van der Waals surface area contributed by atoms with Gasteiger partial charge in [-0.05, 0) is 44.0 Å². The molecule has 0 radical (unpaired) electrons. The van der Waals surface area contributed by atoms with Crippen LogP contribution in [0.5, 0.6) is 0 Å². The maximum absolute atomic E-state index is 12.8. The summed E-state index contributed by atoms with van der Waals surface area (Å²) in [5, 5.41) is 0. The van der Waals surface area contributed by atoms with E-state index in [2.05, 4.69) is 24.9 Å². The SMILES string of the molecule is Cc1ccc2c(c1)C(C)(C)N(c1cncc(CCl)c1)C2=O. The van der Waals surface area contributed by atoms with Gasteiger partial charge in [0.05, 0.1) is 17.4 Å². The summed E-state index contributed by atoms with van der Waals surface area (Å²) < 4.78 is 0. The highest BCUT2D eigenvalue weighted by Crippen LogP contribution is 2.42. The van der Waals surface area contributed by atoms with Gasteiger partial charge in [0, 0.05) is 17.6 Å². The van der Waals surface area contributed by atoms with Crippen molar-refractivity contribution in [2.45, 2.75) is 32.2 Å². The zero-order chi connectivity index (χ0) is 15.2. The van der Waals surface area contributed by atoms with E-state index < -0.39 is 5.54 Å². The van der Waals surface area contributed by atoms with Crippen LogP contribution in [0.3, 0.4) is 0 Å². The van der Waals surface area contributed by atoms with Gasteiger partial charge >= 0.3 is 0 Å². The number of rotatable bonds is 2. The summed E-state index contributed by atoms with van der Waals surface area (Å²) in [7, 11) is 0. The summed E-state index contributed by atoms with van der Waals surface area (Å²) in [4.78, 5) is 18.8. The molecule has 3 rings (SSSR count). The summed E-state index contributed by atoms with van der Waals surface area (Å²) >= 11 is 5.88. The van der Waals surface area contributed by atoms with E-state index in [1.165, 1.54) is 0 Å². The molecule has 1 aromatic heterocycles. The minimum absolute atomic E-state index is 0.0172. The van der Waals surface area contributed by atoms with Crippen molar-refractivity contribution >= 4 is 23.2 Å². The topological polar surface area (TPSA) is 33.2 Å². The molecule has 0 saturated carbocycles. The maximum Gasteiger partial charge on any atom is 0.259 e. The van der Waals surface area contributed by atoms with Crippen LogP contribution >= 0.6 is 11.6 Å². The number of carbonyl (C=O) groups excluding carboxylic acids is 1. The van der Waals surface area contributed by atoms with Crippen LogP contribution in [0.2, 0.25) is 0 Å². The predicted octanol–water partition coefficient (Wildman–Crippen LogP) is 4.02. The van der Waals surface area contributed by atoms with Gasteiger partial charge in [-0.25, -0.2) is 0 Å². The third-order valence-electron chi connectivity index (χ3n) is 4.02. The number of aromatic nitrogens is 1. The van der Waals surface area contributed by atoms with Gasteiger partial charge < -0.3 is 0 Å². The van der Waals surface area contributed by atoms with E-state index >= 15 is 0 Å². The van der Waals surface area contributed by atoms with Gasteiger partial charge in [-0.15, -0.1) is 11.6 Å². The number of pyridine rings is 1. The van der Waals surface area contributed by atoms with Crippen molar-refractivity contribution in [2.24, 2.45) is 0 Å². The Morgan fingerprint density at radius 2 is 2.00 bits per heavy atom. The van der Waals surface area contributed by atoms with E-state index in [9.17, 15) is 4.79 Å². The molecule has 0 N–H and O–H groups in total. The summed E-state index contributed by atoms with van der Waals surface area (Å²) in [5.74, 6) is 0.401. The zero-order valence-corrected chi connectivity index (χ0v) is 13.1. The average Bonchev–Trinajstić information content (AvgIpc) is 2.66. The van der Waals surface area contributed by atoms with Crippen LogP contribution in [0.4, 0.5) is 5.69 Å². The Balaban J connectivity index is 2.15. The Bertz CT molecular complexity index is 724. The molecule has 2 heterocycles. The first kappa shape index (κ1) is 14.1. The molecule has 0 saturated heterocycles. The molecule has 3 nitrogen and oxygen atoms in total. The van der Waals surface area contributed by atoms with Crippen molar-refractivity contribution in [3.05, 3.63) is 58.9 Å². The number of carbonyl (C=O) groups is 1. The molecule has 0 atom stereocenters. The van der Waals surface area contributed by atoms with Crippen molar-refractivity contribution in [3.8, 4) is 0 Å². The first-order valence-electron chi connectivity index (χ1n) is 6.90. The smallest absolute Gasteiger partial charge is 0.259 e. The molecular formula is C17H17ClN2O. The molecule has 0 spiro atoms. The molecule has 1 aliphatic rings. The van der Waals surface area contributed by atoms with Gasteiger partial charge in [-0.3, -0.25) is 14.7 Å². The van der Waals surface area contributed by atoms with Crippen molar-refractivity contribution in [3.63, 3.8) is 0 Å². The molecule has 2 aromatic rings. The van der Waals surface area contributed by atoms with Crippen molar-refractivity contribution in [1.29, 1.82) is 0 Å². The molecule has 0 unspecified atom stereocenters. The Labute approximate surface area is 129 Å². The Morgan fingerprint density at radius 3 is 2.71 bits per heavy atom. The summed E-state index contributed by atoms with van der Waals surface area (Å²) in [6.07, 6.45) is 3.44. The minimum Gasteiger partial charge on any atom is -0.297 e. The monoisotopic (exact) mass is 300 g/mol. The lowest BCUT2D eigenvalue weighted by molar-refractivity contribution is 0.0982. The lowest BCUT2D eigenvalue weighted by Gasteiger charge is -2.32. The predicted molar refractivity (Wildman–Crippen MR) is 84.8 cm³/mol. The van der Waals surface area contributed by atoms with Crippen LogP contribution in [0, 0.1) is 6.92 Å². The average molecular weight is 301 g/mol. The fourth-order valence-electron chi connectivity index (χ4n) is 2.95. The van der Waals surface area contributed by atoms with E-state index in [-0.39, 0.29) is 5.91 Å². The van der Waals surface area contributed by atoms with E-state index in [1.807, 2.05) is 25.1 Å². The second-order valence-corrected chi connectivity index (χ2v) is 6.20. The van der Waals surface area contributed by atoms with E-state index in [4.69, 9.17) is 11.6 Å². The number of amides is 1. The highest BCUT2D eigenvalue weighted by atomic mass is 35.5. The molecule has 21 heavy (non-hydrogen) atoms. The van der Waals surface area contributed by atoms with E-state index in [0.29, 0.717) is 5.88 Å². The molecule has 108 valence electrons. The molecule has 1 amide bonds. The number of nitrogens with zero attached hydrogens (tertiary/aromatic N) is 2. The Morgan fingerprint density at radius 1 is 1.24 bits per heavy atom. The van der Waals surface area contributed by atoms with Gasteiger partial charge in [0.2, 0.25) is 0 Å². The summed E-state index contributed by atoms with van der Waals surface area (Å²) in [6.45, 7) is 6.16. The molecule has 4 heteroatoms. The number of alkyl halides is 1. The second kappa shape index (κ2) is 4.85. The van der Waals surface area contributed by atoms with Gasteiger partial charge in [-0.2, -0.15) is 0 Å². The highest BCUT2D eigenvalue weighted by molar-refractivity contribution is 6.17. The first-order chi connectivity index (χ1) is 9.95. The molecule has 0 fully saturated rings. The number of halogens is 1. The lowest BCUT2D eigenvalue weighted by atomic mass is 9.92. The fourth-order valence-corrected chi connectivity index (χ4v) is 3.10. The zero-order valence-electron chi connectivity index (χ0n) is 12.4. The molecule has 0 aliphatic carbocycles. The maximum atomic E-state index is 12.8. The number of benzene rings is 1. The molecular weight excluding hydrogens is 284 g/mol. The van der Waals surface area contributed by atoms with Crippen molar-refractivity contribution in [2.75, 3.05) is 4.90 Å². The van der Waals surface area contributed by atoms with E-state index in [0.717, 1.165) is 27.9 Å². The number of hydrogen-bond donors (Lipinski definition) is 0. The highest BCUT2D eigenvalue weighted by Gasteiger charge is 2.43. The normalized spacial score (nSPS) is 16.2. The van der Waals surface area contributed by atoms with Crippen LogP contribution in [0.1, 0.15) is 40.9 Å². The van der Waals surface area contributed by atoms with E-state index in [1.54, 1.807) is 17.3 Å². The van der Waals surface area contributed by atoms with Gasteiger partial charge in [0.25, 0.3) is 5.91 Å². The fraction of sp³-hybridized carbons (Fsp3) is 0.294. The Hall–Kier alpha value is -1.87. The largest absolute Gasteiger partial charge is 0.297 e.